The van der Waals surface area contributed by atoms with Gasteiger partial charge in [-0.3, -0.25) is 5.32 Å². The third-order valence-corrected chi connectivity index (χ3v) is 3.30. The Balaban J connectivity index is 2.07. The Bertz CT molecular complexity index is 760. The molecule has 0 saturated heterocycles. The molecule has 0 bridgehead atoms. The van der Waals surface area contributed by atoms with E-state index >= 15 is 0 Å². The summed E-state index contributed by atoms with van der Waals surface area (Å²) in [6.45, 7) is 1.83. The van der Waals surface area contributed by atoms with Crippen LogP contribution in [0.3, 0.4) is 0 Å². The van der Waals surface area contributed by atoms with Crippen molar-refractivity contribution in [3.8, 4) is 0 Å². The van der Waals surface area contributed by atoms with E-state index < -0.39 is 23.7 Å². The number of nitrogens with one attached hydrogen (secondary N) is 2. The molecule has 0 aliphatic rings. The van der Waals surface area contributed by atoms with Crippen LogP contribution in [0.5, 0.6) is 0 Å². The van der Waals surface area contributed by atoms with Crippen molar-refractivity contribution < 1.29 is 27.5 Å². The maximum atomic E-state index is 13.5. The van der Waals surface area contributed by atoms with E-state index in [4.69, 9.17) is 5.11 Å². The van der Waals surface area contributed by atoms with E-state index in [1.165, 1.54) is 6.07 Å². The van der Waals surface area contributed by atoms with Gasteiger partial charge in [-0.2, -0.15) is 13.2 Å². The van der Waals surface area contributed by atoms with Gasteiger partial charge < -0.3 is 10.4 Å². The molecule has 0 fully saturated rings. The average Bonchev–Trinajstić information content (AvgIpc) is 2.46. The van der Waals surface area contributed by atoms with Gasteiger partial charge in [0.2, 0.25) is 0 Å². The lowest BCUT2D eigenvalue weighted by Gasteiger charge is -2.12. The summed E-state index contributed by atoms with van der Waals surface area (Å²) < 4.78 is 51.0. The molecule has 0 atom stereocenters. The van der Waals surface area contributed by atoms with Gasteiger partial charge in [-0.05, 0) is 48.4 Å². The fourth-order valence-corrected chi connectivity index (χ4v) is 2.13. The molecule has 8 heteroatoms. The minimum absolute atomic E-state index is 0.125. The molecule has 2 aromatic rings. The second-order valence-electron chi connectivity index (χ2n) is 5.13. The molecule has 2 rings (SSSR count). The van der Waals surface area contributed by atoms with Crippen molar-refractivity contribution in [2.75, 3.05) is 10.6 Å². The summed E-state index contributed by atoms with van der Waals surface area (Å²) in [6, 6.07) is 7.58. The number of hydrogen-bond acceptors (Lipinski definition) is 2. The molecule has 0 aliphatic heterocycles. The van der Waals surface area contributed by atoms with Crippen molar-refractivity contribution in [1.29, 1.82) is 0 Å². The first kappa shape index (κ1) is 17.6. The molecule has 0 aliphatic carbocycles. The van der Waals surface area contributed by atoms with Crippen molar-refractivity contribution in [3.05, 3.63) is 58.9 Å². The highest BCUT2D eigenvalue weighted by atomic mass is 19.4. The molecule has 0 radical (unpaired) electrons. The van der Waals surface area contributed by atoms with Crippen LogP contribution in [0.4, 0.5) is 33.7 Å². The van der Waals surface area contributed by atoms with Gasteiger partial charge in [0.25, 0.3) is 0 Å². The molecule has 0 spiro atoms. The Kier molecular flexibility index (Phi) is 4.96. The Morgan fingerprint density at radius 3 is 2.42 bits per heavy atom. The molecule has 0 saturated carbocycles. The third kappa shape index (κ3) is 4.37. The highest BCUT2D eigenvalue weighted by Crippen LogP contribution is 2.31. The molecular weight excluding hydrogens is 328 g/mol. The van der Waals surface area contributed by atoms with Gasteiger partial charge in [-0.1, -0.05) is 6.07 Å². The van der Waals surface area contributed by atoms with Crippen molar-refractivity contribution in [2.24, 2.45) is 0 Å². The van der Waals surface area contributed by atoms with Crippen LogP contribution in [0.1, 0.15) is 16.7 Å². The normalized spacial score (nSPS) is 11.2. The van der Waals surface area contributed by atoms with Crippen LogP contribution in [0.15, 0.2) is 36.4 Å². The molecule has 128 valence electrons. The predicted octanol–water partition coefficient (Wildman–Crippen LogP) is 4.85. The predicted molar refractivity (Wildman–Crippen MR) is 81.6 cm³/mol. The second kappa shape index (κ2) is 6.77. The highest BCUT2D eigenvalue weighted by molar-refractivity contribution is 5.84. The molecule has 0 unspecified atom stereocenters. The van der Waals surface area contributed by atoms with Crippen molar-refractivity contribution in [1.82, 2.24) is 0 Å². The molecule has 4 nitrogen and oxygen atoms in total. The molecule has 0 aromatic heterocycles. The zero-order chi connectivity index (χ0) is 17.9. The lowest BCUT2D eigenvalue weighted by Crippen LogP contribution is -2.10. The quantitative estimate of drug-likeness (QED) is 0.696. The minimum Gasteiger partial charge on any atom is -0.465 e. The van der Waals surface area contributed by atoms with E-state index in [-0.39, 0.29) is 6.54 Å². The number of carbonyl (C=O) groups is 1. The topological polar surface area (TPSA) is 61.4 Å². The van der Waals surface area contributed by atoms with E-state index in [0.717, 1.165) is 6.07 Å². The Morgan fingerprint density at radius 2 is 1.88 bits per heavy atom. The number of aryl methyl sites for hydroxylation is 1. The van der Waals surface area contributed by atoms with Crippen LogP contribution in [-0.2, 0) is 12.7 Å². The van der Waals surface area contributed by atoms with Gasteiger partial charge in [-0.15, -0.1) is 0 Å². The third-order valence-electron chi connectivity index (χ3n) is 3.30. The average molecular weight is 342 g/mol. The van der Waals surface area contributed by atoms with Crippen molar-refractivity contribution >= 4 is 17.5 Å². The van der Waals surface area contributed by atoms with E-state index in [9.17, 15) is 22.4 Å². The van der Waals surface area contributed by atoms with Crippen molar-refractivity contribution in [2.45, 2.75) is 19.6 Å². The van der Waals surface area contributed by atoms with Crippen LogP contribution >= 0.6 is 0 Å². The second-order valence-corrected chi connectivity index (χ2v) is 5.13. The van der Waals surface area contributed by atoms with Gasteiger partial charge in [0.15, 0.2) is 0 Å². The Morgan fingerprint density at radius 1 is 1.17 bits per heavy atom. The molecule has 0 heterocycles. The maximum absolute atomic E-state index is 13.5. The van der Waals surface area contributed by atoms with E-state index in [0.29, 0.717) is 28.6 Å². The van der Waals surface area contributed by atoms with Crippen LogP contribution in [0, 0.1) is 12.7 Å². The number of amides is 1. The molecule has 1 amide bonds. The monoisotopic (exact) mass is 342 g/mol. The summed E-state index contributed by atoms with van der Waals surface area (Å²) in [6.07, 6.45) is -5.90. The zero-order valence-corrected chi connectivity index (χ0v) is 12.5. The standard InChI is InChI=1S/C16H14F4N2O2/c1-9-6-11(3-5-14(9)22-15(23)24)21-8-10-2-4-12(13(17)7-10)16(18,19)20/h2-7,21-22H,8H2,1H3,(H,23,24). The van der Waals surface area contributed by atoms with E-state index in [1.807, 2.05) is 0 Å². The van der Waals surface area contributed by atoms with E-state index in [2.05, 4.69) is 10.6 Å². The lowest BCUT2D eigenvalue weighted by atomic mass is 10.1. The van der Waals surface area contributed by atoms with Gasteiger partial charge in [0.05, 0.1) is 5.56 Å². The number of benzene rings is 2. The summed E-state index contributed by atoms with van der Waals surface area (Å²) in [4.78, 5) is 10.6. The fourth-order valence-electron chi connectivity index (χ4n) is 2.13. The Hall–Kier alpha value is -2.77. The number of halogens is 4. The zero-order valence-electron chi connectivity index (χ0n) is 12.5. The SMILES string of the molecule is Cc1cc(NCc2ccc(C(F)(F)F)c(F)c2)ccc1NC(=O)O. The van der Waals surface area contributed by atoms with Gasteiger partial charge in [0, 0.05) is 17.9 Å². The lowest BCUT2D eigenvalue weighted by molar-refractivity contribution is -0.140. The minimum atomic E-state index is -4.72. The largest absolute Gasteiger partial charge is 0.465 e. The van der Waals surface area contributed by atoms with Crippen molar-refractivity contribution in [3.63, 3.8) is 0 Å². The first-order valence-corrected chi connectivity index (χ1v) is 6.87. The highest BCUT2D eigenvalue weighted by Gasteiger charge is 2.33. The summed E-state index contributed by atoms with van der Waals surface area (Å²) >= 11 is 0. The number of anilines is 2. The number of carboxylic acid groups (broad SMARTS) is 1. The summed E-state index contributed by atoms with van der Waals surface area (Å²) in [7, 11) is 0. The van der Waals surface area contributed by atoms with Crippen LogP contribution < -0.4 is 10.6 Å². The summed E-state index contributed by atoms with van der Waals surface area (Å²) in [5.74, 6) is -1.32. The van der Waals surface area contributed by atoms with Gasteiger partial charge in [0.1, 0.15) is 5.82 Å². The van der Waals surface area contributed by atoms with E-state index in [1.54, 1.807) is 25.1 Å². The Labute approximate surface area is 135 Å². The number of hydrogen-bond donors (Lipinski definition) is 3. The van der Waals surface area contributed by atoms with Gasteiger partial charge >= 0.3 is 12.3 Å². The van der Waals surface area contributed by atoms with Crippen LogP contribution in [0.2, 0.25) is 0 Å². The summed E-state index contributed by atoms with van der Waals surface area (Å²) in [5.41, 5.74) is 0.774. The molecule has 3 N–H and O–H groups in total. The molecule has 24 heavy (non-hydrogen) atoms. The summed E-state index contributed by atoms with van der Waals surface area (Å²) in [5, 5.41) is 13.9. The molecule has 2 aromatic carbocycles. The first-order chi connectivity index (χ1) is 11.2. The number of alkyl halides is 3. The number of rotatable bonds is 4. The maximum Gasteiger partial charge on any atom is 0.419 e. The van der Waals surface area contributed by atoms with Gasteiger partial charge in [-0.25, -0.2) is 9.18 Å². The molecular formula is C16H14F4N2O2. The fraction of sp³-hybridized carbons (Fsp3) is 0.188. The smallest absolute Gasteiger partial charge is 0.419 e. The van der Waals surface area contributed by atoms with Crippen LogP contribution in [-0.4, -0.2) is 11.2 Å². The first-order valence-electron chi connectivity index (χ1n) is 6.87. The van der Waals surface area contributed by atoms with Crippen LogP contribution in [0.25, 0.3) is 0 Å².